The summed E-state index contributed by atoms with van der Waals surface area (Å²) in [4.78, 5) is 24.7. The molecule has 0 bridgehead atoms. The Morgan fingerprint density at radius 1 is 1.32 bits per heavy atom. The molecule has 0 fully saturated rings. The highest BCUT2D eigenvalue weighted by Gasteiger charge is 2.21. The van der Waals surface area contributed by atoms with Gasteiger partial charge in [0.05, 0.1) is 0 Å². The van der Waals surface area contributed by atoms with Crippen molar-refractivity contribution in [2.24, 2.45) is 5.92 Å². The number of rotatable bonds is 8. The zero-order chi connectivity index (χ0) is 15.0. The first-order chi connectivity index (χ1) is 8.77. The molecule has 6 heteroatoms. The Hall–Kier alpha value is -1.56. The molecule has 2 atom stereocenters. The SMILES string of the molecule is C=CCC(NC(=O)NC(CN(C)C)C(C)C)C(=O)O. The number of nitrogens with zero attached hydrogens (tertiary/aromatic N) is 1. The number of carbonyl (C=O) groups is 2. The normalized spacial score (nSPS) is 14.0. The third-order valence-electron chi connectivity index (χ3n) is 2.69. The Kier molecular flexibility index (Phi) is 7.83. The average molecular weight is 271 g/mol. The lowest BCUT2D eigenvalue weighted by atomic mass is 10.0. The summed E-state index contributed by atoms with van der Waals surface area (Å²) in [5.74, 6) is -0.806. The molecule has 6 nitrogen and oxygen atoms in total. The summed E-state index contributed by atoms with van der Waals surface area (Å²) in [6.07, 6.45) is 1.67. The van der Waals surface area contributed by atoms with Crippen LogP contribution in [0.2, 0.25) is 0 Å². The third-order valence-corrected chi connectivity index (χ3v) is 2.69. The van der Waals surface area contributed by atoms with Gasteiger partial charge in [-0.3, -0.25) is 0 Å². The van der Waals surface area contributed by atoms with Crippen LogP contribution in [0, 0.1) is 5.92 Å². The van der Waals surface area contributed by atoms with Crippen LogP contribution in [0.5, 0.6) is 0 Å². The van der Waals surface area contributed by atoms with Gasteiger partial charge >= 0.3 is 12.0 Å². The number of carboxylic acid groups (broad SMARTS) is 1. The van der Waals surface area contributed by atoms with Crippen LogP contribution in [-0.4, -0.2) is 54.7 Å². The fourth-order valence-electron chi connectivity index (χ4n) is 1.57. The van der Waals surface area contributed by atoms with E-state index in [-0.39, 0.29) is 18.4 Å². The molecule has 19 heavy (non-hydrogen) atoms. The largest absolute Gasteiger partial charge is 0.480 e. The van der Waals surface area contributed by atoms with Crippen molar-refractivity contribution < 1.29 is 14.7 Å². The van der Waals surface area contributed by atoms with Crippen LogP contribution >= 0.6 is 0 Å². The van der Waals surface area contributed by atoms with E-state index in [1.54, 1.807) is 0 Å². The van der Waals surface area contributed by atoms with Crippen molar-refractivity contribution in [3.05, 3.63) is 12.7 Å². The van der Waals surface area contributed by atoms with Gasteiger partial charge < -0.3 is 20.6 Å². The van der Waals surface area contributed by atoms with Gasteiger partial charge in [-0.15, -0.1) is 6.58 Å². The zero-order valence-electron chi connectivity index (χ0n) is 12.1. The fraction of sp³-hybridized carbons (Fsp3) is 0.692. The van der Waals surface area contributed by atoms with Crippen LogP contribution in [0.1, 0.15) is 20.3 Å². The predicted octanol–water partition coefficient (Wildman–Crippen LogP) is 0.901. The molecule has 0 aliphatic rings. The minimum absolute atomic E-state index is 0.0341. The Balaban J connectivity index is 4.46. The Labute approximate surface area is 114 Å². The number of aliphatic carboxylic acids is 1. The van der Waals surface area contributed by atoms with Crippen LogP contribution in [0.25, 0.3) is 0 Å². The highest BCUT2D eigenvalue weighted by molar-refractivity contribution is 5.82. The van der Waals surface area contributed by atoms with Crippen molar-refractivity contribution in [1.82, 2.24) is 15.5 Å². The number of hydrogen-bond acceptors (Lipinski definition) is 3. The molecule has 0 aromatic heterocycles. The minimum atomic E-state index is -1.07. The molecule has 110 valence electrons. The molecule has 0 aromatic rings. The second kappa shape index (κ2) is 8.53. The molecule has 0 rings (SSSR count). The summed E-state index contributed by atoms with van der Waals surface area (Å²) >= 11 is 0. The van der Waals surface area contributed by atoms with E-state index in [0.717, 1.165) is 0 Å². The summed E-state index contributed by atoms with van der Waals surface area (Å²) < 4.78 is 0. The molecule has 3 N–H and O–H groups in total. The molecule has 0 aromatic carbocycles. The standard InChI is InChI=1S/C13H25N3O3/c1-6-7-10(12(17)18)14-13(19)15-11(9(2)3)8-16(4)5/h6,9-11H,1,7-8H2,2-5H3,(H,17,18)(H2,14,15,19). The topological polar surface area (TPSA) is 81.7 Å². The van der Waals surface area contributed by atoms with E-state index in [2.05, 4.69) is 17.2 Å². The maximum Gasteiger partial charge on any atom is 0.326 e. The maximum atomic E-state index is 11.8. The summed E-state index contributed by atoms with van der Waals surface area (Å²) in [6.45, 7) is 8.19. The number of carbonyl (C=O) groups excluding carboxylic acids is 1. The first-order valence-electron chi connectivity index (χ1n) is 6.33. The molecule has 0 aliphatic carbocycles. The molecule has 2 amide bonds. The lowest BCUT2D eigenvalue weighted by molar-refractivity contribution is -0.139. The monoisotopic (exact) mass is 271 g/mol. The van der Waals surface area contributed by atoms with Gasteiger partial charge in [0.1, 0.15) is 6.04 Å². The van der Waals surface area contributed by atoms with Gasteiger partial charge in [-0.2, -0.15) is 0 Å². The van der Waals surface area contributed by atoms with Gasteiger partial charge in [0.2, 0.25) is 0 Å². The minimum Gasteiger partial charge on any atom is -0.480 e. The zero-order valence-corrected chi connectivity index (χ0v) is 12.1. The van der Waals surface area contributed by atoms with Gasteiger partial charge in [-0.25, -0.2) is 9.59 Å². The van der Waals surface area contributed by atoms with Crippen molar-refractivity contribution >= 4 is 12.0 Å². The van der Waals surface area contributed by atoms with E-state index in [4.69, 9.17) is 5.11 Å². The highest BCUT2D eigenvalue weighted by Crippen LogP contribution is 2.03. The summed E-state index contributed by atoms with van der Waals surface area (Å²) in [5.41, 5.74) is 0. The van der Waals surface area contributed by atoms with E-state index in [9.17, 15) is 9.59 Å². The van der Waals surface area contributed by atoms with E-state index in [1.807, 2.05) is 32.8 Å². The third kappa shape index (κ3) is 7.46. The van der Waals surface area contributed by atoms with Crippen molar-refractivity contribution in [3.63, 3.8) is 0 Å². The van der Waals surface area contributed by atoms with Crippen LogP contribution in [0.3, 0.4) is 0 Å². The highest BCUT2D eigenvalue weighted by atomic mass is 16.4. The fourth-order valence-corrected chi connectivity index (χ4v) is 1.57. The summed E-state index contributed by atoms with van der Waals surface area (Å²) in [7, 11) is 3.85. The Morgan fingerprint density at radius 2 is 1.89 bits per heavy atom. The van der Waals surface area contributed by atoms with Crippen molar-refractivity contribution in [3.8, 4) is 0 Å². The van der Waals surface area contributed by atoms with Crippen molar-refractivity contribution in [2.75, 3.05) is 20.6 Å². The number of urea groups is 1. The van der Waals surface area contributed by atoms with Crippen LogP contribution in [0.4, 0.5) is 4.79 Å². The van der Waals surface area contributed by atoms with Crippen LogP contribution in [0.15, 0.2) is 12.7 Å². The number of carboxylic acids is 1. The quantitative estimate of drug-likeness (QED) is 0.573. The van der Waals surface area contributed by atoms with Gasteiger partial charge in [0.15, 0.2) is 0 Å². The molecular formula is C13H25N3O3. The second-order valence-corrected chi connectivity index (χ2v) is 5.15. The first kappa shape index (κ1) is 17.4. The van der Waals surface area contributed by atoms with Crippen LogP contribution < -0.4 is 10.6 Å². The lowest BCUT2D eigenvalue weighted by Gasteiger charge is -2.26. The molecular weight excluding hydrogens is 246 g/mol. The molecule has 0 radical (unpaired) electrons. The van der Waals surface area contributed by atoms with E-state index < -0.39 is 18.0 Å². The molecule has 0 aliphatic heterocycles. The number of hydrogen-bond donors (Lipinski definition) is 3. The van der Waals surface area contributed by atoms with Crippen LogP contribution in [-0.2, 0) is 4.79 Å². The van der Waals surface area contributed by atoms with E-state index in [1.165, 1.54) is 6.08 Å². The molecule has 0 heterocycles. The Bertz CT molecular complexity index is 316. The first-order valence-corrected chi connectivity index (χ1v) is 6.33. The number of amides is 2. The molecule has 0 saturated carbocycles. The van der Waals surface area contributed by atoms with Crippen molar-refractivity contribution in [1.29, 1.82) is 0 Å². The smallest absolute Gasteiger partial charge is 0.326 e. The summed E-state index contributed by atoms with van der Waals surface area (Å²) in [5, 5.41) is 14.2. The number of nitrogens with one attached hydrogen (secondary N) is 2. The van der Waals surface area contributed by atoms with Gasteiger partial charge in [0.25, 0.3) is 0 Å². The molecule has 0 spiro atoms. The van der Waals surface area contributed by atoms with E-state index in [0.29, 0.717) is 6.54 Å². The molecule has 2 unspecified atom stereocenters. The maximum absolute atomic E-state index is 11.8. The van der Waals surface area contributed by atoms with Gasteiger partial charge in [0, 0.05) is 12.6 Å². The Morgan fingerprint density at radius 3 is 2.26 bits per heavy atom. The molecule has 0 saturated heterocycles. The van der Waals surface area contributed by atoms with E-state index >= 15 is 0 Å². The summed E-state index contributed by atoms with van der Waals surface area (Å²) in [6, 6.07) is -1.44. The second-order valence-electron chi connectivity index (χ2n) is 5.15. The average Bonchev–Trinajstić information content (AvgIpc) is 2.26. The number of likely N-dealkylation sites (N-methyl/N-ethyl adjacent to an activating group) is 1. The lowest BCUT2D eigenvalue weighted by Crippen LogP contribution is -2.52. The predicted molar refractivity (Wildman–Crippen MR) is 75.1 cm³/mol. The van der Waals surface area contributed by atoms with Gasteiger partial charge in [-0.1, -0.05) is 19.9 Å². The van der Waals surface area contributed by atoms with Gasteiger partial charge in [-0.05, 0) is 26.4 Å². The van der Waals surface area contributed by atoms with Crippen molar-refractivity contribution in [2.45, 2.75) is 32.4 Å².